The third-order valence-electron chi connectivity index (χ3n) is 0. The van der Waals surface area contributed by atoms with Gasteiger partial charge in [0.05, 0.1) is 11.4 Å². The second kappa shape index (κ2) is 6.12. The monoisotopic (exact) mass is 214 g/mol. The van der Waals surface area contributed by atoms with Gasteiger partial charge in [0.15, 0.2) is 0 Å². The van der Waals surface area contributed by atoms with Crippen LogP contribution in [0, 0.1) is 0 Å². The van der Waals surface area contributed by atoms with Crippen molar-refractivity contribution in [3.05, 3.63) is 0 Å². The van der Waals surface area contributed by atoms with Crippen LogP contribution in [0.3, 0.4) is 0 Å². The van der Waals surface area contributed by atoms with E-state index < -0.39 is 11.4 Å². The van der Waals surface area contributed by atoms with Gasteiger partial charge in [0.2, 0.25) is 0 Å². The molecule has 0 aliphatic carbocycles. The van der Waals surface area contributed by atoms with Crippen molar-refractivity contribution in [1.29, 1.82) is 0 Å². The first-order valence-electron chi connectivity index (χ1n) is 0.516. The van der Waals surface area contributed by atoms with Gasteiger partial charge in [-0.2, -0.15) is 0 Å². The number of hydrogen-bond acceptors (Lipinski definition) is 2. The van der Waals surface area contributed by atoms with Crippen LogP contribution in [0.25, 0.3) is 0 Å². The predicted molar refractivity (Wildman–Crippen MR) is 11.5 cm³/mol. The molecule has 0 saturated heterocycles. The molecule has 5 heavy (non-hydrogen) atoms. The van der Waals surface area contributed by atoms with Gasteiger partial charge in [0.25, 0.3) is 0 Å². The topological polar surface area (TPSA) is 60.4 Å². The summed E-state index contributed by atoms with van der Waals surface area (Å²) in [5.41, 5.74) is 0. The van der Waals surface area contributed by atoms with Crippen LogP contribution >= 0.6 is 0 Å². The molecule has 0 heterocycles. The van der Waals surface area contributed by atoms with Crippen LogP contribution < -0.4 is 68.9 Å². The molecular weight excluding hydrogens is 213 g/mol. The fraction of sp³-hybridized carbons (Fsp3) is 0. The predicted octanol–water partition coefficient (Wildman–Crippen LogP) is -3.66. The second-order valence-corrected chi connectivity index (χ2v) is 0.651. The van der Waals surface area contributed by atoms with Gasteiger partial charge < -0.3 is 9.11 Å². The van der Waals surface area contributed by atoms with Crippen molar-refractivity contribution < 1.29 is 82.2 Å². The Morgan fingerprint density at radius 2 is 1.80 bits per heavy atom. The zero-order chi connectivity index (χ0) is 3.58. The summed E-state index contributed by atoms with van der Waals surface area (Å²) in [6.07, 6.45) is 0. The van der Waals surface area contributed by atoms with Crippen molar-refractivity contribution in [2.24, 2.45) is 0 Å². The van der Waals surface area contributed by atoms with Gasteiger partial charge in [0, 0.05) is 0 Å². The van der Waals surface area contributed by atoms with E-state index in [0.29, 0.717) is 0 Å². The van der Waals surface area contributed by atoms with Gasteiger partial charge >= 0.3 is 68.9 Å². The first kappa shape index (κ1) is 10.2. The standard InChI is InChI=1S/Cs.H2O3S/c;1-4(2)3/h;(H2,1,2,3)/q+1;/p-1. The molecule has 0 aliphatic rings. The normalized spacial score (nSPS) is 12.4. The van der Waals surface area contributed by atoms with Gasteiger partial charge in [-0.05, 0) is 0 Å². The Morgan fingerprint density at radius 3 is 1.80 bits per heavy atom. The molecule has 0 aliphatic heterocycles. The minimum Gasteiger partial charge on any atom is -0.750 e. The Kier molecular flexibility index (Phi) is 12.5. The summed E-state index contributed by atoms with van der Waals surface area (Å²) < 4.78 is 24.1. The van der Waals surface area contributed by atoms with Gasteiger partial charge in [0.1, 0.15) is 0 Å². The van der Waals surface area contributed by atoms with Crippen molar-refractivity contribution in [3.63, 3.8) is 0 Å². The molecule has 0 spiro atoms. The van der Waals surface area contributed by atoms with Gasteiger partial charge in [-0.25, -0.2) is 4.21 Å². The van der Waals surface area contributed by atoms with Crippen LogP contribution in [0.1, 0.15) is 0 Å². The molecule has 1 unspecified atom stereocenters. The quantitative estimate of drug-likeness (QED) is 0.423. The third-order valence-corrected chi connectivity index (χ3v) is 0. The molecule has 1 atom stereocenters. The minimum atomic E-state index is -2.86. The molecule has 0 saturated carbocycles. The molecule has 0 aromatic rings. The second-order valence-electron chi connectivity index (χ2n) is 0.217. The average molecular weight is 214 g/mol. The average Bonchev–Trinajstić information content (AvgIpc) is 0.811. The fourth-order valence-electron chi connectivity index (χ4n) is 0. The Morgan fingerprint density at radius 1 is 1.80 bits per heavy atom. The molecule has 0 amide bonds. The summed E-state index contributed by atoms with van der Waals surface area (Å²) in [7, 11) is 0. The zero-order valence-corrected chi connectivity index (χ0v) is 9.77. The summed E-state index contributed by atoms with van der Waals surface area (Å²) in [5, 5.41) is 0. The van der Waals surface area contributed by atoms with Gasteiger partial charge in [-0.15, -0.1) is 0 Å². The molecule has 5 heteroatoms. The summed E-state index contributed by atoms with van der Waals surface area (Å²) in [4.78, 5) is 0. The minimum absolute atomic E-state index is 0. The first-order chi connectivity index (χ1) is 1.73. The molecular formula is HCsO3S. The van der Waals surface area contributed by atoms with Crippen LogP contribution in [-0.2, 0) is 11.4 Å². The maximum atomic E-state index is 8.56. The summed E-state index contributed by atoms with van der Waals surface area (Å²) in [6.45, 7) is 0. The van der Waals surface area contributed by atoms with Crippen LogP contribution in [0.2, 0.25) is 0 Å². The molecule has 3 nitrogen and oxygen atoms in total. The Labute approximate surface area is 91.1 Å². The van der Waals surface area contributed by atoms with Crippen LogP contribution in [0.15, 0.2) is 0 Å². The molecule has 0 bridgehead atoms. The number of hydrogen-bond donors (Lipinski definition) is 1. The zero-order valence-electron chi connectivity index (χ0n) is 2.67. The van der Waals surface area contributed by atoms with Crippen molar-refractivity contribution >= 4 is 11.4 Å². The smallest absolute Gasteiger partial charge is 0.750 e. The molecule has 1 N–H and O–H groups in total. The molecule has 0 aromatic heterocycles. The van der Waals surface area contributed by atoms with E-state index >= 15 is 0 Å². The van der Waals surface area contributed by atoms with Gasteiger partial charge in [-0.3, -0.25) is 0 Å². The van der Waals surface area contributed by atoms with Crippen LogP contribution in [0.4, 0.5) is 0 Å². The maximum absolute atomic E-state index is 8.56. The fourth-order valence-corrected chi connectivity index (χ4v) is 0. The molecule has 0 aromatic carbocycles. The summed E-state index contributed by atoms with van der Waals surface area (Å²) >= 11 is -2.86. The SMILES string of the molecule is O=S([O-])O.[Cs+]. The number of rotatable bonds is 0. The first-order valence-corrected chi connectivity index (χ1v) is 1.55. The van der Waals surface area contributed by atoms with E-state index in [4.69, 9.17) is 13.3 Å². The summed E-state index contributed by atoms with van der Waals surface area (Å²) in [5.74, 6) is 0. The van der Waals surface area contributed by atoms with E-state index in [1.165, 1.54) is 0 Å². The van der Waals surface area contributed by atoms with Crippen molar-refractivity contribution in [3.8, 4) is 0 Å². The molecule has 26 valence electrons. The van der Waals surface area contributed by atoms with E-state index in [-0.39, 0.29) is 68.9 Å². The van der Waals surface area contributed by atoms with Gasteiger partial charge in [-0.1, -0.05) is 0 Å². The Bertz CT molecular complexity index is 29.9. The maximum Gasteiger partial charge on any atom is 1.00 e. The van der Waals surface area contributed by atoms with E-state index in [9.17, 15) is 0 Å². The van der Waals surface area contributed by atoms with E-state index in [0.717, 1.165) is 0 Å². The van der Waals surface area contributed by atoms with E-state index in [1.807, 2.05) is 0 Å². The van der Waals surface area contributed by atoms with Crippen LogP contribution in [0.5, 0.6) is 0 Å². The Balaban J connectivity index is 0. The largest absolute Gasteiger partial charge is 1.00 e. The third kappa shape index (κ3) is 23.1. The van der Waals surface area contributed by atoms with Crippen molar-refractivity contribution in [2.45, 2.75) is 0 Å². The summed E-state index contributed by atoms with van der Waals surface area (Å²) in [6, 6.07) is 0. The Hall–Kier alpha value is 2.12. The van der Waals surface area contributed by atoms with Crippen molar-refractivity contribution in [1.82, 2.24) is 0 Å². The van der Waals surface area contributed by atoms with Crippen LogP contribution in [-0.4, -0.2) is 13.3 Å². The molecule has 0 radical (unpaired) electrons. The molecule has 0 rings (SSSR count). The van der Waals surface area contributed by atoms with Crippen molar-refractivity contribution in [2.75, 3.05) is 0 Å². The van der Waals surface area contributed by atoms with E-state index in [1.54, 1.807) is 0 Å². The molecule has 0 fully saturated rings. The van der Waals surface area contributed by atoms with E-state index in [2.05, 4.69) is 0 Å².